The number of esters is 1. The number of para-hydroxylation sites is 1. The summed E-state index contributed by atoms with van der Waals surface area (Å²) in [6.45, 7) is 3.86. The third kappa shape index (κ3) is 3.86. The van der Waals surface area contributed by atoms with Gasteiger partial charge in [0.2, 0.25) is 0 Å². The first-order chi connectivity index (χ1) is 13.9. The molecule has 1 aliphatic rings. The van der Waals surface area contributed by atoms with Crippen molar-refractivity contribution in [1.29, 1.82) is 0 Å². The highest BCUT2D eigenvalue weighted by Crippen LogP contribution is 2.42. The summed E-state index contributed by atoms with van der Waals surface area (Å²) in [6.07, 6.45) is -1.18. The van der Waals surface area contributed by atoms with E-state index >= 15 is 0 Å². The number of carbonyl (C=O) groups is 2. The molecule has 1 unspecified atom stereocenters. The van der Waals surface area contributed by atoms with E-state index in [1.54, 1.807) is 44.3 Å². The van der Waals surface area contributed by atoms with Gasteiger partial charge in [-0.05, 0) is 31.2 Å². The van der Waals surface area contributed by atoms with E-state index in [2.05, 4.69) is 0 Å². The van der Waals surface area contributed by atoms with Gasteiger partial charge in [-0.3, -0.25) is 9.59 Å². The van der Waals surface area contributed by atoms with Gasteiger partial charge < -0.3 is 19.6 Å². The van der Waals surface area contributed by atoms with Crippen LogP contribution in [0.2, 0.25) is 5.02 Å². The van der Waals surface area contributed by atoms with Gasteiger partial charge in [0.1, 0.15) is 5.57 Å². The molecule has 0 spiro atoms. The average Bonchev–Trinajstić information content (AvgIpc) is 2.73. The van der Waals surface area contributed by atoms with Crippen molar-refractivity contribution in [3.8, 4) is 0 Å². The standard InChI is InChI=1S/C22H23ClN2O4/c1-4-17(26)29-20-18-15(23)12-9-13-16(18)24(3)21(27)19(20)22(28)25(5-2)14-10-7-6-8-11-14/h6-13,21,27H,4-5H2,1-3H3. The van der Waals surface area contributed by atoms with Gasteiger partial charge in [0, 0.05) is 25.7 Å². The smallest absolute Gasteiger partial charge is 0.310 e. The predicted octanol–water partition coefficient (Wildman–Crippen LogP) is 3.83. The molecule has 3 rings (SSSR count). The SMILES string of the molecule is CCC(=O)OC1=C(C(=O)N(CC)c2ccccc2)C(O)N(C)c2cccc(Cl)c21. The number of rotatable bonds is 5. The zero-order valence-electron chi connectivity index (χ0n) is 16.6. The molecule has 152 valence electrons. The number of hydrogen-bond acceptors (Lipinski definition) is 5. The third-order valence-electron chi connectivity index (χ3n) is 4.83. The van der Waals surface area contributed by atoms with E-state index in [4.69, 9.17) is 16.3 Å². The Morgan fingerprint density at radius 1 is 1.14 bits per heavy atom. The number of amides is 1. The van der Waals surface area contributed by atoms with E-state index in [0.29, 0.717) is 28.5 Å². The van der Waals surface area contributed by atoms with Crippen LogP contribution >= 0.6 is 11.6 Å². The fourth-order valence-electron chi connectivity index (χ4n) is 3.31. The Kier molecular flexibility index (Phi) is 6.25. The number of aliphatic hydroxyl groups is 1. The fourth-order valence-corrected chi connectivity index (χ4v) is 3.56. The van der Waals surface area contributed by atoms with Gasteiger partial charge in [-0.25, -0.2) is 0 Å². The van der Waals surface area contributed by atoms with Crippen molar-refractivity contribution in [3.63, 3.8) is 0 Å². The van der Waals surface area contributed by atoms with Crippen LogP contribution in [0.25, 0.3) is 5.76 Å². The Hall–Kier alpha value is -2.83. The first-order valence-corrected chi connectivity index (χ1v) is 9.80. The summed E-state index contributed by atoms with van der Waals surface area (Å²) in [5, 5.41) is 11.3. The minimum Gasteiger partial charge on any atom is -0.425 e. The lowest BCUT2D eigenvalue weighted by atomic mass is 9.97. The van der Waals surface area contributed by atoms with E-state index in [1.807, 2.05) is 25.1 Å². The molecule has 6 nitrogen and oxygen atoms in total. The molecule has 2 aromatic rings. The Balaban J connectivity index is 2.22. The maximum absolute atomic E-state index is 13.5. The second-order valence-electron chi connectivity index (χ2n) is 6.57. The molecule has 0 aromatic heterocycles. The maximum atomic E-state index is 13.5. The number of fused-ring (bicyclic) bond motifs is 1. The predicted molar refractivity (Wildman–Crippen MR) is 114 cm³/mol. The maximum Gasteiger partial charge on any atom is 0.310 e. The quantitative estimate of drug-likeness (QED) is 0.753. The van der Waals surface area contributed by atoms with Crippen molar-refractivity contribution in [3.05, 3.63) is 64.7 Å². The molecule has 29 heavy (non-hydrogen) atoms. The van der Waals surface area contributed by atoms with Crippen molar-refractivity contribution in [2.24, 2.45) is 0 Å². The summed E-state index contributed by atoms with van der Waals surface area (Å²) in [6, 6.07) is 14.3. The average molecular weight is 415 g/mol. The normalized spacial score (nSPS) is 15.8. The van der Waals surface area contributed by atoms with Gasteiger partial charge in [0.15, 0.2) is 12.0 Å². The van der Waals surface area contributed by atoms with Crippen LogP contribution in [0.15, 0.2) is 54.1 Å². The van der Waals surface area contributed by atoms with Crippen molar-refractivity contribution in [2.45, 2.75) is 26.5 Å². The monoisotopic (exact) mass is 414 g/mol. The zero-order chi connectivity index (χ0) is 21.1. The zero-order valence-corrected chi connectivity index (χ0v) is 17.3. The van der Waals surface area contributed by atoms with Gasteiger partial charge in [0.25, 0.3) is 5.91 Å². The highest BCUT2D eigenvalue weighted by Gasteiger charge is 2.39. The molecule has 1 atom stereocenters. The van der Waals surface area contributed by atoms with Crippen molar-refractivity contribution < 1.29 is 19.4 Å². The number of likely N-dealkylation sites (N-methyl/N-ethyl adjacent to an activating group) is 2. The van der Waals surface area contributed by atoms with Crippen LogP contribution in [-0.2, 0) is 14.3 Å². The molecule has 0 saturated carbocycles. The van der Waals surface area contributed by atoms with Gasteiger partial charge in [-0.2, -0.15) is 0 Å². The number of anilines is 2. The van der Waals surface area contributed by atoms with Crippen LogP contribution in [0.4, 0.5) is 11.4 Å². The largest absolute Gasteiger partial charge is 0.425 e. The van der Waals surface area contributed by atoms with Crippen molar-refractivity contribution in [2.75, 3.05) is 23.4 Å². The third-order valence-corrected chi connectivity index (χ3v) is 5.15. The first-order valence-electron chi connectivity index (χ1n) is 9.42. The number of aliphatic hydroxyl groups excluding tert-OH is 1. The molecule has 2 aromatic carbocycles. The minimum atomic E-state index is -1.30. The second kappa shape index (κ2) is 8.68. The van der Waals surface area contributed by atoms with E-state index < -0.39 is 18.1 Å². The molecule has 1 amide bonds. The fraction of sp³-hybridized carbons (Fsp3) is 0.273. The second-order valence-corrected chi connectivity index (χ2v) is 6.98. The summed E-state index contributed by atoms with van der Waals surface area (Å²) in [4.78, 5) is 28.7. The van der Waals surface area contributed by atoms with Crippen LogP contribution in [0.1, 0.15) is 25.8 Å². The first kappa shape index (κ1) is 20.9. The summed E-state index contributed by atoms with van der Waals surface area (Å²) < 4.78 is 5.55. The molecule has 7 heteroatoms. The van der Waals surface area contributed by atoms with Crippen LogP contribution in [0, 0.1) is 0 Å². The Morgan fingerprint density at radius 3 is 2.45 bits per heavy atom. The van der Waals surface area contributed by atoms with E-state index in [1.165, 1.54) is 9.80 Å². The minimum absolute atomic E-state index is 0.00225. The topological polar surface area (TPSA) is 70.1 Å². The number of ether oxygens (including phenoxy) is 1. The number of hydrogen-bond donors (Lipinski definition) is 1. The van der Waals surface area contributed by atoms with Crippen molar-refractivity contribution in [1.82, 2.24) is 0 Å². The number of benzene rings is 2. The molecule has 1 heterocycles. The summed E-state index contributed by atoms with van der Waals surface area (Å²) in [5.74, 6) is -0.972. The summed E-state index contributed by atoms with van der Waals surface area (Å²) in [5.41, 5.74) is 1.63. The lowest BCUT2D eigenvalue weighted by Gasteiger charge is -2.36. The molecule has 0 bridgehead atoms. The molecule has 0 saturated heterocycles. The summed E-state index contributed by atoms with van der Waals surface area (Å²) >= 11 is 6.42. The Morgan fingerprint density at radius 2 is 1.83 bits per heavy atom. The molecular formula is C22H23ClN2O4. The lowest BCUT2D eigenvalue weighted by molar-refractivity contribution is -0.136. The highest BCUT2D eigenvalue weighted by atomic mass is 35.5. The molecule has 0 radical (unpaired) electrons. The lowest BCUT2D eigenvalue weighted by Crippen LogP contribution is -2.45. The van der Waals surface area contributed by atoms with Gasteiger partial charge >= 0.3 is 5.97 Å². The van der Waals surface area contributed by atoms with Crippen LogP contribution in [-0.4, -0.2) is 36.8 Å². The van der Waals surface area contributed by atoms with E-state index in [0.717, 1.165) is 0 Å². The van der Waals surface area contributed by atoms with Gasteiger partial charge in [-0.1, -0.05) is 42.8 Å². The molecule has 1 aliphatic heterocycles. The summed E-state index contributed by atoms with van der Waals surface area (Å²) in [7, 11) is 1.66. The van der Waals surface area contributed by atoms with Crippen molar-refractivity contribution >= 4 is 40.6 Å². The Labute approximate surface area is 174 Å². The number of carbonyl (C=O) groups excluding carboxylic acids is 2. The van der Waals surface area contributed by atoms with Crippen LogP contribution in [0.5, 0.6) is 0 Å². The van der Waals surface area contributed by atoms with Gasteiger partial charge in [-0.15, -0.1) is 0 Å². The number of nitrogens with zero attached hydrogens (tertiary/aromatic N) is 2. The molecule has 1 N–H and O–H groups in total. The van der Waals surface area contributed by atoms with Gasteiger partial charge in [0.05, 0.1) is 16.3 Å². The molecule has 0 aliphatic carbocycles. The Bertz CT molecular complexity index is 959. The van der Waals surface area contributed by atoms with Crippen LogP contribution in [0.3, 0.4) is 0 Å². The van der Waals surface area contributed by atoms with E-state index in [9.17, 15) is 14.7 Å². The molecular weight excluding hydrogens is 392 g/mol. The van der Waals surface area contributed by atoms with Crippen LogP contribution < -0.4 is 9.80 Å². The number of halogens is 1. The van der Waals surface area contributed by atoms with E-state index in [-0.39, 0.29) is 17.8 Å². The molecule has 0 fully saturated rings. The highest BCUT2D eigenvalue weighted by molar-refractivity contribution is 6.33.